The Labute approximate surface area is 129 Å². The van der Waals surface area contributed by atoms with Crippen LogP contribution >= 0.6 is 0 Å². The van der Waals surface area contributed by atoms with Crippen LogP contribution in [0.1, 0.15) is 13.3 Å². The molecular formula is C6H17Cl3O12. The molecule has 0 rings (SSSR count). The molecule has 0 aromatic rings. The summed E-state index contributed by atoms with van der Waals surface area (Å²) in [5.41, 5.74) is -0.667. The molecule has 0 fully saturated rings. The summed E-state index contributed by atoms with van der Waals surface area (Å²) in [5.74, 6) is 0. The number of halogens is 3. The van der Waals surface area contributed by atoms with Crippen LogP contribution in [-0.2, 0) is 0 Å². The SMILES string of the molecule is CCC(CO)(CO)CO.[O-][Cl+2]([O-])O.[O-][Cl+2]([O-])O.[O-][Cl+2]([O-])O. The molecule has 0 aromatic heterocycles. The Morgan fingerprint density at radius 1 is 0.667 bits per heavy atom. The molecule has 0 amide bonds. The lowest BCUT2D eigenvalue weighted by Gasteiger charge is -2.24. The van der Waals surface area contributed by atoms with E-state index in [-0.39, 0.29) is 19.8 Å². The highest BCUT2D eigenvalue weighted by molar-refractivity contribution is 4.74. The standard InChI is InChI=1S/C6H14O3.3ClHO3/c1-2-6(3-7,4-8)5-9;3*2-1(3)4/h7-9H,2-5H2,1H3;3*2H. The monoisotopic (exact) mass is 386 g/mol. The fraction of sp³-hybridized carbons (Fsp3) is 1.00. The van der Waals surface area contributed by atoms with Crippen molar-refractivity contribution in [3.8, 4) is 0 Å². The van der Waals surface area contributed by atoms with Gasteiger partial charge in [-0.25, -0.2) is 0 Å². The summed E-state index contributed by atoms with van der Waals surface area (Å²) >= 11 is 0. The van der Waals surface area contributed by atoms with Crippen molar-refractivity contribution in [2.45, 2.75) is 13.3 Å². The van der Waals surface area contributed by atoms with E-state index in [1.165, 1.54) is 0 Å². The van der Waals surface area contributed by atoms with Crippen molar-refractivity contribution < 1.29 is 89.6 Å². The minimum Gasteiger partial charge on any atom is -0.396 e. The zero-order chi connectivity index (χ0) is 18.1. The van der Waals surface area contributed by atoms with Crippen molar-refractivity contribution in [3.05, 3.63) is 0 Å². The number of aliphatic hydroxyl groups is 3. The molecule has 0 aliphatic rings. The van der Waals surface area contributed by atoms with Gasteiger partial charge in [-0.3, -0.25) is 0 Å². The fourth-order valence-corrected chi connectivity index (χ4v) is 0.485. The highest BCUT2D eigenvalue weighted by atomic mass is 35.6. The third kappa shape index (κ3) is 44.9. The molecule has 134 valence electrons. The Morgan fingerprint density at radius 2 is 0.810 bits per heavy atom. The summed E-state index contributed by atoms with van der Waals surface area (Å²) in [4.78, 5) is 0. The van der Waals surface area contributed by atoms with Gasteiger partial charge < -0.3 is 43.3 Å². The Bertz CT molecular complexity index is 138. The lowest BCUT2D eigenvalue weighted by Crippen LogP contribution is -2.32. The van der Waals surface area contributed by atoms with Gasteiger partial charge in [0.15, 0.2) is 0 Å². The molecule has 0 saturated carbocycles. The molecule has 6 N–H and O–H groups in total. The van der Waals surface area contributed by atoms with Crippen molar-refractivity contribution in [2.75, 3.05) is 19.8 Å². The second kappa shape index (κ2) is 20.4. The first-order valence-corrected chi connectivity index (χ1v) is 7.37. The first kappa shape index (κ1) is 29.4. The maximum absolute atomic E-state index is 8.66. The van der Waals surface area contributed by atoms with E-state index in [2.05, 4.69) is 0 Å². The van der Waals surface area contributed by atoms with Crippen molar-refractivity contribution in [3.63, 3.8) is 0 Å². The molecule has 0 saturated heterocycles. The predicted octanol–water partition coefficient (Wildman–Crippen LogP) is -9.45. The minimum absolute atomic E-state index is 0.156. The molecule has 21 heavy (non-hydrogen) atoms. The van der Waals surface area contributed by atoms with Crippen LogP contribution in [0.4, 0.5) is 0 Å². The summed E-state index contributed by atoms with van der Waals surface area (Å²) in [6.07, 6.45) is 0.594. The lowest BCUT2D eigenvalue weighted by molar-refractivity contribution is -1.63. The van der Waals surface area contributed by atoms with Crippen LogP contribution in [0.5, 0.6) is 0 Å². The first-order chi connectivity index (χ1) is 9.44. The van der Waals surface area contributed by atoms with Gasteiger partial charge in [0, 0.05) is 19.4 Å². The summed E-state index contributed by atoms with van der Waals surface area (Å²) < 4.78 is 71.9. The summed E-state index contributed by atoms with van der Waals surface area (Å²) in [7, 11) is -7.81. The fourth-order valence-electron chi connectivity index (χ4n) is 0.485. The average Bonchev–Trinajstić information content (AvgIpc) is 2.30. The van der Waals surface area contributed by atoms with Gasteiger partial charge in [-0.1, -0.05) is 6.92 Å². The molecule has 0 aliphatic carbocycles. The summed E-state index contributed by atoms with van der Waals surface area (Å²) in [6, 6.07) is 0. The van der Waals surface area contributed by atoms with Crippen LogP contribution in [0.3, 0.4) is 0 Å². The van der Waals surface area contributed by atoms with Crippen LogP contribution < -0.4 is 28.0 Å². The number of hydrogen-bond donors (Lipinski definition) is 6. The predicted molar refractivity (Wildman–Crippen MR) is 40.6 cm³/mol. The van der Waals surface area contributed by atoms with Crippen molar-refractivity contribution in [1.82, 2.24) is 0 Å². The van der Waals surface area contributed by atoms with Crippen molar-refractivity contribution >= 4 is 0 Å². The maximum Gasteiger partial charge on any atom is 0.282 e. The molecule has 0 bridgehead atoms. The Morgan fingerprint density at radius 3 is 0.810 bits per heavy atom. The normalized spacial score (nSPS) is 10.3. The highest BCUT2D eigenvalue weighted by Crippen LogP contribution is 2.18. The molecule has 15 heteroatoms. The van der Waals surface area contributed by atoms with Gasteiger partial charge in [0.05, 0.1) is 19.8 Å². The van der Waals surface area contributed by atoms with Gasteiger partial charge >= 0.3 is 0 Å². The van der Waals surface area contributed by atoms with E-state index < -0.39 is 37.8 Å². The third-order valence-electron chi connectivity index (χ3n) is 1.76. The van der Waals surface area contributed by atoms with Gasteiger partial charge in [-0.05, 0) is 6.42 Å². The van der Waals surface area contributed by atoms with Gasteiger partial charge in [0.1, 0.15) is 0 Å². The van der Waals surface area contributed by atoms with Crippen LogP contribution in [0.2, 0.25) is 0 Å². The molecule has 0 atom stereocenters. The van der Waals surface area contributed by atoms with E-state index in [1.54, 1.807) is 0 Å². The van der Waals surface area contributed by atoms with Gasteiger partial charge in [0.2, 0.25) is 0 Å². The summed E-state index contributed by atoms with van der Waals surface area (Å²) in [6.45, 7) is 1.35. The van der Waals surface area contributed by atoms with Crippen LogP contribution in [0.15, 0.2) is 0 Å². The van der Waals surface area contributed by atoms with E-state index in [4.69, 9.17) is 57.3 Å². The van der Waals surface area contributed by atoms with Crippen LogP contribution in [0.25, 0.3) is 0 Å². The van der Waals surface area contributed by atoms with Gasteiger partial charge in [0.25, 0.3) is 32.4 Å². The van der Waals surface area contributed by atoms with E-state index in [1.807, 2.05) is 6.92 Å². The van der Waals surface area contributed by atoms with E-state index in [9.17, 15) is 0 Å². The van der Waals surface area contributed by atoms with E-state index >= 15 is 0 Å². The quantitative estimate of drug-likeness (QED) is 0.262. The van der Waals surface area contributed by atoms with E-state index in [0.717, 1.165) is 0 Å². The highest BCUT2D eigenvalue weighted by Gasteiger charge is 2.24. The molecule has 0 aliphatic heterocycles. The number of aliphatic hydroxyl groups excluding tert-OH is 3. The molecule has 0 radical (unpaired) electrons. The molecule has 0 heterocycles. The number of rotatable bonds is 4. The van der Waals surface area contributed by atoms with E-state index in [0.29, 0.717) is 6.42 Å². The Hall–Kier alpha value is 0.390. The first-order valence-electron chi connectivity index (χ1n) is 4.50. The minimum atomic E-state index is -2.60. The van der Waals surface area contributed by atoms with Crippen LogP contribution in [0, 0.1) is 37.8 Å². The maximum atomic E-state index is 8.66. The van der Waals surface area contributed by atoms with Crippen molar-refractivity contribution in [2.24, 2.45) is 5.41 Å². The molecular weight excluding hydrogens is 370 g/mol. The smallest absolute Gasteiger partial charge is 0.282 e. The molecule has 0 unspecified atom stereocenters. The molecule has 0 aromatic carbocycles. The van der Waals surface area contributed by atoms with Gasteiger partial charge in [-0.15, -0.1) is 0 Å². The van der Waals surface area contributed by atoms with Gasteiger partial charge in [-0.2, -0.15) is 0 Å². The molecule has 0 spiro atoms. The topological polar surface area (TPSA) is 260 Å². The summed E-state index contributed by atoms with van der Waals surface area (Å²) in [5, 5.41) is 26.0. The van der Waals surface area contributed by atoms with Crippen LogP contribution in [-0.4, -0.2) is 49.1 Å². The Balaban J connectivity index is -0.000000102. The largest absolute Gasteiger partial charge is 0.396 e. The zero-order valence-electron chi connectivity index (χ0n) is 10.6. The zero-order valence-corrected chi connectivity index (χ0v) is 12.9. The second-order valence-corrected chi connectivity index (χ2v) is 4.14. The second-order valence-electron chi connectivity index (χ2n) is 2.93. The van der Waals surface area contributed by atoms with Crippen molar-refractivity contribution in [1.29, 1.82) is 0 Å². The average molecular weight is 388 g/mol. The lowest BCUT2D eigenvalue weighted by atomic mass is 9.88. The Kier molecular flexibility index (Phi) is 28.6. The third-order valence-corrected chi connectivity index (χ3v) is 1.76. The number of hydrogen-bond acceptors (Lipinski definition) is 12. The molecule has 12 nitrogen and oxygen atoms in total.